The molecule has 0 radical (unpaired) electrons. The summed E-state index contributed by atoms with van der Waals surface area (Å²) in [6, 6.07) is 17.2. The molecule has 1 aromatic heterocycles. The number of halogens is 1. The molecule has 6 nitrogen and oxygen atoms in total. The molecule has 0 saturated heterocycles. The molecule has 0 saturated carbocycles. The lowest BCUT2D eigenvalue weighted by molar-refractivity contribution is 0.0929. The number of carbonyl (C=O) groups is 1. The van der Waals surface area contributed by atoms with E-state index in [1.807, 2.05) is 62.4 Å². The van der Waals surface area contributed by atoms with Gasteiger partial charge in [-0.2, -0.15) is 5.10 Å². The molecule has 3 aromatic carbocycles. The van der Waals surface area contributed by atoms with Gasteiger partial charge in [-0.25, -0.2) is 5.43 Å². The van der Waals surface area contributed by atoms with Gasteiger partial charge < -0.3 is 13.9 Å². The van der Waals surface area contributed by atoms with E-state index in [2.05, 4.69) is 26.5 Å². The first-order valence-corrected chi connectivity index (χ1v) is 10.7. The van der Waals surface area contributed by atoms with Gasteiger partial charge in [-0.3, -0.25) is 4.79 Å². The number of amides is 1. The zero-order valence-corrected chi connectivity index (χ0v) is 18.7. The zero-order valence-electron chi connectivity index (χ0n) is 17.1. The van der Waals surface area contributed by atoms with Gasteiger partial charge in [0.25, 0.3) is 0 Å². The fourth-order valence-electron chi connectivity index (χ4n) is 3.31. The van der Waals surface area contributed by atoms with Crippen LogP contribution in [0, 0.1) is 0 Å². The Morgan fingerprint density at radius 3 is 2.55 bits per heavy atom. The standard InChI is InChI=1S/C24H21BrN2O4/c1-3-29-21-11-16(19(25)13-22(21)30-4-2)14-26-27-24(28)23-12-18-17-8-6-5-7-15(17)9-10-20(18)31-23/h5-14H,3-4H2,1-2H3,(H,27,28)/b26-14-. The summed E-state index contributed by atoms with van der Waals surface area (Å²) in [6.07, 6.45) is 1.54. The maximum absolute atomic E-state index is 12.6. The molecule has 4 aromatic rings. The second-order valence-electron chi connectivity index (χ2n) is 6.69. The Balaban J connectivity index is 1.54. The Morgan fingerprint density at radius 2 is 1.77 bits per heavy atom. The second kappa shape index (κ2) is 9.22. The zero-order chi connectivity index (χ0) is 21.8. The van der Waals surface area contributed by atoms with Gasteiger partial charge in [-0.1, -0.05) is 30.3 Å². The van der Waals surface area contributed by atoms with Crippen LogP contribution in [-0.4, -0.2) is 25.3 Å². The minimum atomic E-state index is -0.427. The van der Waals surface area contributed by atoms with Crippen LogP contribution in [0.5, 0.6) is 11.5 Å². The predicted octanol–water partition coefficient (Wildman–Crippen LogP) is 5.91. The van der Waals surface area contributed by atoms with E-state index >= 15 is 0 Å². The van der Waals surface area contributed by atoms with Crippen molar-refractivity contribution in [2.75, 3.05) is 13.2 Å². The van der Waals surface area contributed by atoms with E-state index in [1.165, 1.54) is 6.21 Å². The van der Waals surface area contributed by atoms with Gasteiger partial charge in [0.2, 0.25) is 0 Å². The highest BCUT2D eigenvalue weighted by Crippen LogP contribution is 2.33. The van der Waals surface area contributed by atoms with Crippen LogP contribution < -0.4 is 14.9 Å². The molecule has 0 aliphatic heterocycles. The number of hydrazone groups is 1. The van der Waals surface area contributed by atoms with Crippen molar-refractivity contribution < 1.29 is 18.7 Å². The Morgan fingerprint density at radius 1 is 1.03 bits per heavy atom. The predicted molar refractivity (Wildman–Crippen MR) is 125 cm³/mol. The van der Waals surface area contributed by atoms with Crippen LogP contribution in [0.3, 0.4) is 0 Å². The number of benzene rings is 3. The lowest BCUT2D eigenvalue weighted by Gasteiger charge is -2.12. The summed E-state index contributed by atoms with van der Waals surface area (Å²) in [5.41, 5.74) is 3.91. The molecule has 158 valence electrons. The van der Waals surface area contributed by atoms with Gasteiger partial charge in [-0.05, 0) is 64.8 Å². The van der Waals surface area contributed by atoms with Gasteiger partial charge in [0.15, 0.2) is 17.3 Å². The number of rotatable bonds is 7. The van der Waals surface area contributed by atoms with Crippen LogP contribution >= 0.6 is 15.9 Å². The summed E-state index contributed by atoms with van der Waals surface area (Å²) in [6.45, 7) is 4.86. The number of hydrogen-bond donors (Lipinski definition) is 1. The minimum Gasteiger partial charge on any atom is -0.490 e. The first kappa shape index (κ1) is 20.9. The van der Waals surface area contributed by atoms with Crippen LogP contribution in [0.1, 0.15) is 30.0 Å². The van der Waals surface area contributed by atoms with E-state index in [4.69, 9.17) is 13.9 Å². The van der Waals surface area contributed by atoms with E-state index in [1.54, 1.807) is 6.07 Å². The highest BCUT2D eigenvalue weighted by molar-refractivity contribution is 9.10. The second-order valence-corrected chi connectivity index (χ2v) is 7.55. The molecule has 0 aliphatic rings. The maximum atomic E-state index is 12.6. The Bertz CT molecular complexity index is 1280. The highest BCUT2D eigenvalue weighted by Gasteiger charge is 2.14. The summed E-state index contributed by atoms with van der Waals surface area (Å²) >= 11 is 3.50. The van der Waals surface area contributed by atoms with Gasteiger partial charge in [0, 0.05) is 15.4 Å². The van der Waals surface area contributed by atoms with Crippen LogP contribution in [0.25, 0.3) is 21.7 Å². The van der Waals surface area contributed by atoms with Crippen molar-refractivity contribution in [2.45, 2.75) is 13.8 Å². The summed E-state index contributed by atoms with van der Waals surface area (Å²) < 4.78 is 17.7. The molecule has 7 heteroatoms. The molecule has 1 N–H and O–H groups in total. The van der Waals surface area contributed by atoms with E-state index in [0.717, 1.165) is 26.2 Å². The third kappa shape index (κ3) is 4.41. The largest absolute Gasteiger partial charge is 0.490 e. The average molecular weight is 481 g/mol. The monoisotopic (exact) mass is 480 g/mol. The van der Waals surface area contributed by atoms with E-state index in [0.29, 0.717) is 30.3 Å². The average Bonchev–Trinajstić information content (AvgIpc) is 3.22. The number of nitrogens with zero attached hydrogens (tertiary/aromatic N) is 1. The molecule has 1 heterocycles. The molecule has 0 spiro atoms. The topological polar surface area (TPSA) is 73.1 Å². The van der Waals surface area contributed by atoms with Gasteiger partial charge in [-0.15, -0.1) is 0 Å². The summed E-state index contributed by atoms with van der Waals surface area (Å²) in [5, 5.41) is 7.09. The molecule has 4 rings (SSSR count). The van der Waals surface area contributed by atoms with Crippen LogP contribution in [0.2, 0.25) is 0 Å². The van der Waals surface area contributed by atoms with Crippen LogP contribution in [0.15, 0.2) is 68.6 Å². The van der Waals surface area contributed by atoms with Crippen LogP contribution in [0.4, 0.5) is 0 Å². The fourth-order valence-corrected chi connectivity index (χ4v) is 3.73. The third-order valence-electron chi connectivity index (χ3n) is 4.68. The lowest BCUT2D eigenvalue weighted by Crippen LogP contribution is -2.16. The van der Waals surface area contributed by atoms with Gasteiger partial charge >= 0.3 is 5.91 Å². The van der Waals surface area contributed by atoms with Crippen molar-refractivity contribution in [2.24, 2.45) is 5.10 Å². The lowest BCUT2D eigenvalue weighted by atomic mass is 10.1. The number of carbonyl (C=O) groups excluding carboxylic acids is 1. The smallest absolute Gasteiger partial charge is 0.307 e. The maximum Gasteiger partial charge on any atom is 0.307 e. The Hall–Kier alpha value is -3.32. The number of fused-ring (bicyclic) bond motifs is 3. The SMILES string of the molecule is CCOc1cc(Br)c(/C=N\NC(=O)c2cc3c(ccc4ccccc43)o2)cc1OCC. The Labute approximate surface area is 188 Å². The van der Waals surface area contributed by atoms with Crippen molar-refractivity contribution >= 4 is 49.8 Å². The van der Waals surface area contributed by atoms with E-state index in [9.17, 15) is 4.79 Å². The molecule has 1 amide bonds. The van der Waals surface area contributed by atoms with Crippen molar-refractivity contribution in [3.63, 3.8) is 0 Å². The van der Waals surface area contributed by atoms with Crippen molar-refractivity contribution in [3.05, 3.63) is 70.4 Å². The number of nitrogens with one attached hydrogen (secondary N) is 1. The summed E-state index contributed by atoms with van der Waals surface area (Å²) in [5.74, 6) is 1.03. The van der Waals surface area contributed by atoms with E-state index in [-0.39, 0.29) is 5.76 Å². The molecule has 0 unspecified atom stereocenters. The molecule has 0 atom stereocenters. The molecule has 0 bridgehead atoms. The molecule has 0 fully saturated rings. The molecule has 0 aliphatic carbocycles. The van der Waals surface area contributed by atoms with Crippen LogP contribution in [-0.2, 0) is 0 Å². The minimum absolute atomic E-state index is 0.198. The van der Waals surface area contributed by atoms with Crippen molar-refractivity contribution in [3.8, 4) is 11.5 Å². The van der Waals surface area contributed by atoms with Crippen molar-refractivity contribution in [1.29, 1.82) is 0 Å². The first-order chi connectivity index (χ1) is 15.1. The molecule has 31 heavy (non-hydrogen) atoms. The van der Waals surface area contributed by atoms with Crippen molar-refractivity contribution in [1.82, 2.24) is 5.43 Å². The normalized spacial score (nSPS) is 11.3. The summed E-state index contributed by atoms with van der Waals surface area (Å²) in [7, 11) is 0. The highest BCUT2D eigenvalue weighted by atomic mass is 79.9. The Kier molecular flexibility index (Phi) is 6.23. The molecular formula is C24H21BrN2O4. The number of furan rings is 1. The number of ether oxygens (including phenoxy) is 2. The number of hydrogen-bond acceptors (Lipinski definition) is 5. The van der Waals surface area contributed by atoms with E-state index < -0.39 is 5.91 Å². The van der Waals surface area contributed by atoms with Gasteiger partial charge in [0.1, 0.15) is 5.58 Å². The quantitative estimate of drug-likeness (QED) is 0.263. The summed E-state index contributed by atoms with van der Waals surface area (Å²) in [4.78, 5) is 12.6. The van der Waals surface area contributed by atoms with Gasteiger partial charge in [0.05, 0.1) is 19.4 Å². The third-order valence-corrected chi connectivity index (χ3v) is 5.37. The molecular weight excluding hydrogens is 460 g/mol. The fraction of sp³-hybridized carbons (Fsp3) is 0.167. The first-order valence-electron chi connectivity index (χ1n) is 9.94.